The molecule has 5 nitrogen and oxygen atoms in total. The fourth-order valence-corrected chi connectivity index (χ4v) is 4.06. The molecule has 26 heavy (non-hydrogen) atoms. The number of aromatic nitrogens is 2. The topological polar surface area (TPSA) is 59.2 Å². The van der Waals surface area contributed by atoms with Gasteiger partial charge in [-0.1, -0.05) is 24.3 Å². The Kier molecular flexibility index (Phi) is 3.57. The van der Waals surface area contributed by atoms with Gasteiger partial charge in [-0.15, -0.1) is 11.3 Å². The van der Waals surface area contributed by atoms with Crippen LogP contribution >= 0.6 is 11.3 Å². The van der Waals surface area contributed by atoms with Crippen LogP contribution in [0.3, 0.4) is 0 Å². The summed E-state index contributed by atoms with van der Waals surface area (Å²) < 4.78 is 11.1. The number of hydrogen-bond acceptors (Lipinski definition) is 5. The first kappa shape index (κ1) is 15.3. The molecule has 0 unspecified atom stereocenters. The summed E-state index contributed by atoms with van der Waals surface area (Å²) in [4.78, 5) is 7.91. The van der Waals surface area contributed by atoms with Crippen LogP contribution in [0.4, 0.5) is 5.13 Å². The maximum Gasteiger partial charge on any atom is 0.231 e. The second-order valence-corrected chi connectivity index (χ2v) is 7.13. The fourth-order valence-electron chi connectivity index (χ4n) is 3.50. The molecule has 0 bridgehead atoms. The fraction of sp³-hybridized carbons (Fsp3) is 0.150. The van der Waals surface area contributed by atoms with Gasteiger partial charge in [0.25, 0.3) is 0 Å². The van der Waals surface area contributed by atoms with Gasteiger partial charge in [-0.25, -0.2) is 4.98 Å². The van der Waals surface area contributed by atoms with Crippen LogP contribution in [0.25, 0.3) is 10.9 Å². The number of aromatic amines is 1. The zero-order chi connectivity index (χ0) is 17.5. The molecule has 0 saturated carbocycles. The molecule has 3 heterocycles. The van der Waals surface area contributed by atoms with E-state index in [0.717, 1.165) is 33.4 Å². The van der Waals surface area contributed by atoms with E-state index in [1.165, 1.54) is 10.9 Å². The predicted octanol–water partition coefficient (Wildman–Crippen LogP) is 4.86. The molecule has 5 rings (SSSR count). The van der Waals surface area contributed by atoms with E-state index in [-0.39, 0.29) is 12.8 Å². The zero-order valence-electron chi connectivity index (χ0n) is 14.2. The largest absolute Gasteiger partial charge is 0.454 e. The standard InChI is InChI=1S/C20H17N3O2S/c1-12-18(14-4-2-3-5-15(14)22-12)19(23-20-21-8-9-26-20)13-6-7-16-17(10-13)25-11-24-16/h2-10,19,22H,11H2,1H3,(H,21,23)/t19-/m0/s1. The van der Waals surface area contributed by atoms with Crippen molar-refractivity contribution < 1.29 is 9.47 Å². The summed E-state index contributed by atoms with van der Waals surface area (Å²) in [7, 11) is 0. The second-order valence-electron chi connectivity index (χ2n) is 6.24. The number of fused-ring (bicyclic) bond motifs is 2. The lowest BCUT2D eigenvalue weighted by Crippen LogP contribution is -2.13. The molecule has 0 amide bonds. The average Bonchev–Trinajstić information content (AvgIpc) is 3.38. The smallest absolute Gasteiger partial charge is 0.231 e. The normalized spacial score (nSPS) is 13.9. The molecule has 2 aromatic carbocycles. The van der Waals surface area contributed by atoms with E-state index in [1.54, 1.807) is 11.3 Å². The molecule has 0 spiro atoms. The Balaban J connectivity index is 1.67. The maximum atomic E-state index is 5.59. The van der Waals surface area contributed by atoms with Gasteiger partial charge >= 0.3 is 0 Å². The molecule has 0 saturated heterocycles. The quantitative estimate of drug-likeness (QED) is 0.543. The van der Waals surface area contributed by atoms with Crippen LogP contribution in [0.15, 0.2) is 54.0 Å². The van der Waals surface area contributed by atoms with Gasteiger partial charge in [-0.3, -0.25) is 0 Å². The summed E-state index contributed by atoms with van der Waals surface area (Å²) in [5.74, 6) is 1.57. The lowest BCUT2D eigenvalue weighted by molar-refractivity contribution is 0.174. The molecule has 130 valence electrons. The first-order chi connectivity index (χ1) is 12.8. The summed E-state index contributed by atoms with van der Waals surface area (Å²) in [6, 6.07) is 14.4. The van der Waals surface area contributed by atoms with Crippen LogP contribution in [0.2, 0.25) is 0 Å². The molecule has 0 radical (unpaired) electrons. The van der Waals surface area contributed by atoms with Gasteiger partial charge in [-0.05, 0) is 30.7 Å². The van der Waals surface area contributed by atoms with E-state index < -0.39 is 0 Å². The van der Waals surface area contributed by atoms with Crippen LogP contribution in [0, 0.1) is 6.92 Å². The average molecular weight is 363 g/mol. The van der Waals surface area contributed by atoms with Crippen LogP contribution in [-0.4, -0.2) is 16.8 Å². The van der Waals surface area contributed by atoms with Crippen molar-refractivity contribution in [3.63, 3.8) is 0 Å². The first-order valence-electron chi connectivity index (χ1n) is 8.42. The number of thiazole rings is 1. The Morgan fingerprint density at radius 1 is 1.15 bits per heavy atom. The second kappa shape index (κ2) is 6.07. The van der Waals surface area contributed by atoms with Crippen LogP contribution in [-0.2, 0) is 0 Å². The molecule has 1 atom stereocenters. The Hall–Kier alpha value is -2.99. The van der Waals surface area contributed by atoms with Crippen LogP contribution in [0.5, 0.6) is 11.5 Å². The van der Waals surface area contributed by atoms with Crippen molar-refractivity contribution in [2.24, 2.45) is 0 Å². The van der Waals surface area contributed by atoms with Gasteiger partial charge in [-0.2, -0.15) is 0 Å². The van der Waals surface area contributed by atoms with E-state index in [0.29, 0.717) is 0 Å². The van der Waals surface area contributed by atoms with Crippen LogP contribution < -0.4 is 14.8 Å². The molecular formula is C20H17N3O2S. The molecule has 2 N–H and O–H groups in total. The number of hydrogen-bond donors (Lipinski definition) is 2. The molecule has 4 aromatic rings. The minimum atomic E-state index is -0.0493. The minimum absolute atomic E-state index is 0.0493. The third kappa shape index (κ3) is 2.50. The summed E-state index contributed by atoms with van der Waals surface area (Å²) in [5.41, 5.74) is 4.59. The number of anilines is 1. The Bertz CT molecular complexity index is 1070. The monoisotopic (exact) mass is 363 g/mol. The maximum absolute atomic E-state index is 5.59. The van der Waals surface area contributed by atoms with Crippen molar-refractivity contribution in [2.45, 2.75) is 13.0 Å². The Labute approximate surface area is 154 Å². The van der Waals surface area contributed by atoms with Gasteiger partial charge in [0, 0.05) is 33.7 Å². The first-order valence-corrected chi connectivity index (χ1v) is 9.30. The highest BCUT2D eigenvalue weighted by atomic mass is 32.1. The SMILES string of the molecule is Cc1[nH]c2ccccc2c1[C@@H](Nc1nccs1)c1ccc2c(c1)OCO2. The number of nitrogens with zero attached hydrogens (tertiary/aromatic N) is 1. The van der Waals surface area contributed by atoms with Gasteiger partial charge in [0.1, 0.15) is 0 Å². The van der Waals surface area contributed by atoms with E-state index in [1.807, 2.05) is 23.7 Å². The zero-order valence-corrected chi connectivity index (χ0v) is 15.0. The summed E-state index contributed by atoms with van der Waals surface area (Å²) in [6.07, 6.45) is 1.81. The van der Waals surface area contributed by atoms with Crippen molar-refractivity contribution in [2.75, 3.05) is 12.1 Å². The van der Waals surface area contributed by atoms with Gasteiger partial charge < -0.3 is 19.8 Å². The number of benzene rings is 2. The number of para-hydroxylation sites is 1. The van der Waals surface area contributed by atoms with Crippen molar-refractivity contribution in [3.8, 4) is 11.5 Å². The third-order valence-corrected chi connectivity index (χ3v) is 5.37. The van der Waals surface area contributed by atoms with E-state index in [2.05, 4.69) is 52.5 Å². The lowest BCUT2D eigenvalue weighted by Gasteiger charge is -2.20. The third-order valence-electron chi connectivity index (χ3n) is 4.66. The number of nitrogens with one attached hydrogen (secondary N) is 2. The van der Waals surface area contributed by atoms with Crippen LogP contribution in [0.1, 0.15) is 22.9 Å². The molecule has 1 aliphatic rings. The van der Waals surface area contributed by atoms with E-state index in [4.69, 9.17) is 9.47 Å². The highest BCUT2D eigenvalue weighted by molar-refractivity contribution is 7.13. The number of ether oxygens (including phenoxy) is 2. The summed E-state index contributed by atoms with van der Waals surface area (Å²) >= 11 is 1.59. The molecule has 1 aliphatic heterocycles. The number of aryl methyl sites for hydroxylation is 1. The van der Waals surface area contributed by atoms with Crippen molar-refractivity contribution in [1.82, 2.24) is 9.97 Å². The molecule has 0 aliphatic carbocycles. The number of rotatable bonds is 4. The summed E-state index contributed by atoms with van der Waals surface area (Å²) in [5, 5.41) is 7.66. The van der Waals surface area contributed by atoms with E-state index >= 15 is 0 Å². The minimum Gasteiger partial charge on any atom is -0.454 e. The Morgan fingerprint density at radius 3 is 2.92 bits per heavy atom. The van der Waals surface area contributed by atoms with Crippen molar-refractivity contribution in [3.05, 3.63) is 70.9 Å². The molecule has 0 fully saturated rings. The molecule has 2 aromatic heterocycles. The van der Waals surface area contributed by atoms with Crippen molar-refractivity contribution in [1.29, 1.82) is 0 Å². The Morgan fingerprint density at radius 2 is 2.04 bits per heavy atom. The van der Waals surface area contributed by atoms with E-state index in [9.17, 15) is 0 Å². The molecular weight excluding hydrogens is 346 g/mol. The molecule has 6 heteroatoms. The van der Waals surface area contributed by atoms with Gasteiger partial charge in [0.05, 0.1) is 6.04 Å². The van der Waals surface area contributed by atoms with Gasteiger partial charge in [0.15, 0.2) is 16.6 Å². The van der Waals surface area contributed by atoms with Gasteiger partial charge in [0.2, 0.25) is 6.79 Å². The summed E-state index contributed by atoms with van der Waals surface area (Å²) in [6.45, 7) is 2.38. The number of H-pyrrole nitrogens is 1. The predicted molar refractivity (Wildman–Crippen MR) is 103 cm³/mol. The highest BCUT2D eigenvalue weighted by Gasteiger charge is 2.24. The van der Waals surface area contributed by atoms with Crippen molar-refractivity contribution >= 4 is 27.4 Å². The lowest BCUT2D eigenvalue weighted by atomic mass is 9.96. The highest BCUT2D eigenvalue weighted by Crippen LogP contribution is 2.39.